The first-order chi connectivity index (χ1) is 16.6. The molecule has 0 saturated heterocycles. The Morgan fingerprint density at radius 2 is 1.00 bits per heavy atom. The normalized spacial score (nSPS) is 10.7. The predicted octanol–water partition coefficient (Wildman–Crippen LogP) is 1.15. The van der Waals surface area contributed by atoms with Crippen LogP contribution in [0.1, 0.15) is 26.5 Å². The molecule has 7 heteroatoms. The van der Waals surface area contributed by atoms with Gasteiger partial charge in [-0.2, -0.15) is 0 Å². The van der Waals surface area contributed by atoms with Crippen LogP contribution in [0.15, 0.2) is 103 Å². The summed E-state index contributed by atoms with van der Waals surface area (Å²) in [6.45, 7) is 0. The van der Waals surface area contributed by atoms with E-state index in [9.17, 15) is 9.59 Å². The summed E-state index contributed by atoms with van der Waals surface area (Å²) in [6.07, 6.45) is 0.585. The number of esters is 2. The molecule has 4 aromatic rings. The maximum atomic E-state index is 12.4. The number of carbonyl (C=O) groups excluding carboxylic acids is 2. The van der Waals surface area contributed by atoms with Crippen molar-refractivity contribution in [2.24, 2.45) is 0 Å². The van der Waals surface area contributed by atoms with Gasteiger partial charge in [-0.15, -0.1) is 0 Å². The summed E-state index contributed by atoms with van der Waals surface area (Å²) in [6, 6.07) is 34.6. The Balaban J connectivity index is 0.00000342. The van der Waals surface area contributed by atoms with E-state index < -0.39 is 19.2 Å². The number of rotatable bonds is 7. The zero-order chi connectivity index (χ0) is 24.0. The highest BCUT2D eigenvalue weighted by atomic mass is 35.5. The zero-order valence-electron chi connectivity index (χ0n) is 19.4. The summed E-state index contributed by atoms with van der Waals surface area (Å²) in [5.74, 6) is -1.20. The predicted molar refractivity (Wildman–Crippen MR) is 136 cm³/mol. The first kappa shape index (κ1) is 26.1. The Bertz CT molecular complexity index is 1150. The number of hydrogen-bond acceptors (Lipinski definition) is 5. The largest absolute Gasteiger partial charge is 1.00 e. The van der Waals surface area contributed by atoms with Crippen LogP contribution in [0.3, 0.4) is 0 Å². The quantitative estimate of drug-likeness (QED) is 0.278. The summed E-state index contributed by atoms with van der Waals surface area (Å²) in [7, 11) is 0.366. The summed E-state index contributed by atoms with van der Waals surface area (Å²) >= 11 is 0. The number of methoxy groups -OCH3 is 2. The molecule has 0 amide bonds. The van der Waals surface area contributed by atoms with E-state index in [1.165, 1.54) is 30.1 Å². The van der Waals surface area contributed by atoms with Crippen LogP contribution in [-0.2, 0) is 15.6 Å². The second kappa shape index (κ2) is 11.7. The molecule has 0 N–H and O–H groups in total. The lowest BCUT2D eigenvalue weighted by Crippen LogP contribution is -3.00. The van der Waals surface area contributed by atoms with Gasteiger partial charge in [0.25, 0.3) is 0 Å². The van der Waals surface area contributed by atoms with Crippen molar-refractivity contribution in [3.05, 3.63) is 120 Å². The molecule has 0 unspecified atom stereocenters. The van der Waals surface area contributed by atoms with E-state index in [1.807, 2.05) is 54.6 Å². The molecule has 0 spiro atoms. The van der Waals surface area contributed by atoms with Gasteiger partial charge < -0.3 is 21.9 Å². The molecule has 1 heterocycles. The molecule has 5 nitrogen and oxygen atoms in total. The average Bonchev–Trinajstić information content (AvgIpc) is 2.92. The molecule has 0 aliphatic rings. The van der Waals surface area contributed by atoms with Crippen LogP contribution in [0.4, 0.5) is 0 Å². The Morgan fingerprint density at radius 1 is 0.657 bits per heavy atom. The van der Waals surface area contributed by atoms with Crippen LogP contribution >= 0.6 is 7.26 Å². The summed E-state index contributed by atoms with van der Waals surface area (Å²) in [5.41, 5.74) is 0.959. The van der Waals surface area contributed by atoms with Gasteiger partial charge in [0.1, 0.15) is 34.6 Å². The Morgan fingerprint density at radius 3 is 1.31 bits per heavy atom. The molecule has 0 aliphatic heterocycles. The fraction of sp³-hybridized carbons (Fsp3) is 0.107. The van der Waals surface area contributed by atoms with Gasteiger partial charge in [-0.1, -0.05) is 54.6 Å². The van der Waals surface area contributed by atoms with Crippen LogP contribution in [0, 0.1) is 0 Å². The molecule has 0 fully saturated rings. The Kier molecular flexibility index (Phi) is 8.75. The lowest BCUT2D eigenvalue weighted by Gasteiger charge is -2.28. The second-order valence-electron chi connectivity index (χ2n) is 7.70. The van der Waals surface area contributed by atoms with Crippen molar-refractivity contribution in [2.75, 3.05) is 14.2 Å². The van der Waals surface area contributed by atoms with Gasteiger partial charge in [0, 0.05) is 0 Å². The van der Waals surface area contributed by atoms with Crippen molar-refractivity contribution in [1.82, 2.24) is 4.98 Å². The molecule has 3 aromatic carbocycles. The molecule has 4 rings (SSSR count). The fourth-order valence-corrected chi connectivity index (χ4v) is 8.35. The van der Waals surface area contributed by atoms with E-state index in [-0.39, 0.29) is 23.8 Å². The number of ether oxygens (including phenoxy) is 2. The van der Waals surface area contributed by atoms with Crippen molar-refractivity contribution < 1.29 is 31.5 Å². The third-order valence-corrected chi connectivity index (χ3v) is 10.1. The third kappa shape index (κ3) is 5.43. The highest BCUT2D eigenvalue weighted by Gasteiger charge is 2.45. The molecule has 178 valence electrons. The third-order valence-electron chi connectivity index (χ3n) is 5.68. The topological polar surface area (TPSA) is 65.5 Å². The van der Waals surface area contributed by atoms with Crippen LogP contribution in [0.2, 0.25) is 0 Å². The van der Waals surface area contributed by atoms with Gasteiger partial charge in [-0.25, -0.2) is 14.6 Å². The maximum Gasteiger partial charge on any atom is 0.356 e. The molecule has 1 aromatic heterocycles. The highest BCUT2D eigenvalue weighted by Crippen LogP contribution is 2.58. The van der Waals surface area contributed by atoms with Gasteiger partial charge in [0.05, 0.1) is 20.4 Å². The van der Waals surface area contributed by atoms with Crippen molar-refractivity contribution >= 4 is 35.1 Å². The van der Waals surface area contributed by atoms with Gasteiger partial charge in [-0.3, -0.25) is 0 Å². The van der Waals surface area contributed by atoms with Gasteiger partial charge >= 0.3 is 11.9 Å². The summed E-state index contributed by atoms with van der Waals surface area (Å²) in [5, 5.41) is 3.59. The van der Waals surface area contributed by atoms with E-state index in [4.69, 9.17) is 9.47 Å². The minimum Gasteiger partial charge on any atom is -1.00 e. The number of nitrogens with zero attached hydrogens (tertiary/aromatic N) is 1. The number of benzene rings is 3. The van der Waals surface area contributed by atoms with E-state index in [0.29, 0.717) is 6.16 Å². The van der Waals surface area contributed by atoms with Gasteiger partial charge in [0.2, 0.25) is 0 Å². The molecule has 35 heavy (non-hydrogen) atoms. The number of aromatic nitrogens is 1. The van der Waals surface area contributed by atoms with Crippen LogP contribution < -0.4 is 28.3 Å². The number of carbonyl (C=O) groups is 2. The molecule has 0 aliphatic carbocycles. The fourth-order valence-electron chi connectivity index (χ4n) is 4.14. The van der Waals surface area contributed by atoms with Crippen molar-refractivity contribution in [2.45, 2.75) is 6.16 Å². The van der Waals surface area contributed by atoms with E-state index in [1.54, 1.807) is 12.1 Å². The first-order valence-electron chi connectivity index (χ1n) is 10.8. The molecular formula is C28H25ClNO4P. The Labute approximate surface area is 211 Å². The lowest BCUT2D eigenvalue weighted by atomic mass is 10.2. The zero-order valence-corrected chi connectivity index (χ0v) is 21.1. The SMILES string of the molecule is COC(=O)c1cc(C[P+](c2ccccc2)(c2ccccc2)c2ccccc2)cc(C(=O)OC)n1.[Cl-]. The van der Waals surface area contributed by atoms with Crippen molar-refractivity contribution in [1.29, 1.82) is 0 Å². The van der Waals surface area contributed by atoms with Crippen LogP contribution in [0.5, 0.6) is 0 Å². The minimum absolute atomic E-state index is 0. The maximum absolute atomic E-state index is 12.4. The van der Waals surface area contributed by atoms with Gasteiger partial charge in [0.15, 0.2) is 0 Å². The van der Waals surface area contributed by atoms with Crippen LogP contribution in [-0.4, -0.2) is 31.1 Å². The van der Waals surface area contributed by atoms with E-state index >= 15 is 0 Å². The van der Waals surface area contributed by atoms with Crippen molar-refractivity contribution in [3.63, 3.8) is 0 Å². The second-order valence-corrected chi connectivity index (χ2v) is 11.2. The standard InChI is InChI=1S/C28H25NO4P.ClH/c1-32-27(30)25-18-21(19-26(29-25)28(31)33-2)20-34(22-12-6-3-7-13-22,23-14-8-4-9-15-23)24-16-10-5-11-17-24;/h3-19H,20H2,1-2H3;1H/q+1;/p-1. The Hall–Kier alpha value is -3.53. The number of pyridine rings is 1. The lowest BCUT2D eigenvalue weighted by molar-refractivity contribution is -0.0000358. The number of halogens is 1. The molecular weight excluding hydrogens is 481 g/mol. The molecule has 0 radical (unpaired) electrons. The van der Waals surface area contributed by atoms with Crippen LogP contribution in [0.25, 0.3) is 0 Å². The average molecular weight is 506 g/mol. The minimum atomic E-state index is -2.22. The number of hydrogen-bond donors (Lipinski definition) is 0. The highest BCUT2D eigenvalue weighted by molar-refractivity contribution is 7.95. The first-order valence-corrected chi connectivity index (χ1v) is 12.8. The van der Waals surface area contributed by atoms with Gasteiger partial charge in [-0.05, 0) is 54.1 Å². The van der Waals surface area contributed by atoms with E-state index in [2.05, 4.69) is 41.4 Å². The smallest absolute Gasteiger partial charge is 0.356 e. The molecule has 0 atom stereocenters. The molecule has 0 saturated carbocycles. The molecule has 0 bridgehead atoms. The monoisotopic (exact) mass is 505 g/mol. The van der Waals surface area contributed by atoms with E-state index in [0.717, 1.165) is 5.56 Å². The van der Waals surface area contributed by atoms with Crippen molar-refractivity contribution in [3.8, 4) is 0 Å². The summed E-state index contributed by atoms with van der Waals surface area (Å²) < 4.78 is 9.80. The summed E-state index contributed by atoms with van der Waals surface area (Å²) in [4.78, 5) is 28.9.